The summed E-state index contributed by atoms with van der Waals surface area (Å²) in [4.78, 5) is 29.1. The molecule has 3 rings (SSSR count). The van der Waals surface area contributed by atoms with Crippen molar-refractivity contribution in [3.05, 3.63) is 35.4 Å². The number of nitrogens with zero attached hydrogens (tertiary/aromatic N) is 2. The predicted molar refractivity (Wildman–Crippen MR) is 87.1 cm³/mol. The fourth-order valence-corrected chi connectivity index (χ4v) is 3.68. The highest BCUT2D eigenvalue weighted by atomic mass is 16.5. The first-order valence-electron chi connectivity index (χ1n) is 8.24. The van der Waals surface area contributed by atoms with Gasteiger partial charge in [0.25, 0.3) is 5.91 Å². The van der Waals surface area contributed by atoms with E-state index >= 15 is 0 Å². The van der Waals surface area contributed by atoms with E-state index in [-0.39, 0.29) is 17.7 Å². The van der Waals surface area contributed by atoms with Crippen LogP contribution in [0.4, 0.5) is 0 Å². The number of likely N-dealkylation sites (tertiary alicyclic amines) is 2. The molecule has 1 aromatic rings. The molecule has 2 heterocycles. The van der Waals surface area contributed by atoms with Crippen LogP contribution in [0.2, 0.25) is 0 Å². The van der Waals surface area contributed by atoms with Crippen molar-refractivity contribution in [1.29, 1.82) is 0 Å². The minimum absolute atomic E-state index is 0.0476. The Labute approximate surface area is 137 Å². The smallest absolute Gasteiger partial charge is 0.254 e. The molecule has 5 nitrogen and oxygen atoms in total. The topological polar surface area (TPSA) is 49.9 Å². The van der Waals surface area contributed by atoms with Gasteiger partial charge in [0.1, 0.15) is 0 Å². The van der Waals surface area contributed by atoms with Crippen LogP contribution in [-0.2, 0) is 9.53 Å². The van der Waals surface area contributed by atoms with Gasteiger partial charge in [-0.2, -0.15) is 0 Å². The number of amides is 2. The van der Waals surface area contributed by atoms with Crippen LogP contribution in [0.1, 0.15) is 22.3 Å². The summed E-state index contributed by atoms with van der Waals surface area (Å²) in [6, 6.07) is 7.65. The van der Waals surface area contributed by atoms with Gasteiger partial charge in [-0.25, -0.2) is 0 Å². The molecule has 0 saturated carbocycles. The van der Waals surface area contributed by atoms with Gasteiger partial charge >= 0.3 is 0 Å². The maximum atomic E-state index is 12.8. The number of carbonyl (C=O) groups is 2. The molecule has 5 heteroatoms. The summed E-state index contributed by atoms with van der Waals surface area (Å²) < 4.78 is 5.08. The molecule has 0 unspecified atom stereocenters. The molecule has 2 aliphatic rings. The van der Waals surface area contributed by atoms with E-state index in [2.05, 4.69) is 0 Å². The van der Waals surface area contributed by atoms with Gasteiger partial charge in [-0.3, -0.25) is 9.59 Å². The van der Waals surface area contributed by atoms with Gasteiger partial charge in [-0.1, -0.05) is 18.2 Å². The number of fused-ring (bicyclic) bond motifs is 1. The van der Waals surface area contributed by atoms with Gasteiger partial charge in [0.15, 0.2) is 0 Å². The lowest BCUT2D eigenvalue weighted by Gasteiger charge is -2.33. The Morgan fingerprint density at radius 2 is 2.09 bits per heavy atom. The highest BCUT2D eigenvalue weighted by Gasteiger charge is 2.44. The number of hydrogen-bond donors (Lipinski definition) is 0. The van der Waals surface area contributed by atoms with E-state index in [4.69, 9.17) is 4.74 Å². The Morgan fingerprint density at radius 1 is 1.30 bits per heavy atom. The molecule has 0 bridgehead atoms. The fraction of sp³-hybridized carbons (Fsp3) is 0.556. The second-order valence-electron chi connectivity index (χ2n) is 6.50. The average molecular weight is 316 g/mol. The fourth-order valence-electron chi connectivity index (χ4n) is 3.68. The van der Waals surface area contributed by atoms with Crippen molar-refractivity contribution in [1.82, 2.24) is 9.80 Å². The zero-order valence-electron chi connectivity index (χ0n) is 13.8. The highest BCUT2D eigenvalue weighted by molar-refractivity contribution is 5.96. The summed E-state index contributed by atoms with van der Waals surface area (Å²) in [6.45, 7) is 5.17. The van der Waals surface area contributed by atoms with Crippen molar-refractivity contribution in [3.8, 4) is 0 Å². The van der Waals surface area contributed by atoms with Gasteiger partial charge in [-0.15, -0.1) is 0 Å². The first kappa shape index (κ1) is 16.0. The van der Waals surface area contributed by atoms with Crippen molar-refractivity contribution in [3.63, 3.8) is 0 Å². The molecule has 2 amide bonds. The Kier molecular flexibility index (Phi) is 4.66. The standard InChI is InChI=1S/C18H24N2O3/c1-13-5-3-4-6-15(13)17(21)20-11-14-7-8-19(9-10-23-2)18(22)16(14)12-20/h3-6,14,16H,7-12H2,1-2H3/t14-,16-/m0/s1. The minimum atomic E-state index is -0.0476. The van der Waals surface area contributed by atoms with E-state index in [0.717, 1.165) is 24.1 Å². The zero-order valence-corrected chi connectivity index (χ0v) is 13.8. The molecule has 0 aliphatic carbocycles. The largest absolute Gasteiger partial charge is 0.383 e. The molecule has 0 N–H and O–H groups in total. The van der Waals surface area contributed by atoms with Crippen molar-refractivity contribution in [2.75, 3.05) is 39.9 Å². The number of carbonyl (C=O) groups excluding carboxylic acids is 2. The Bertz CT molecular complexity index is 602. The first-order chi connectivity index (χ1) is 11.1. The van der Waals surface area contributed by atoms with E-state index in [1.54, 1.807) is 7.11 Å². The number of methoxy groups -OCH3 is 1. The lowest BCUT2D eigenvalue weighted by Crippen LogP contribution is -2.46. The van der Waals surface area contributed by atoms with Crippen LogP contribution in [0.25, 0.3) is 0 Å². The molecule has 2 aliphatic heterocycles. The van der Waals surface area contributed by atoms with Crippen molar-refractivity contribution in [2.24, 2.45) is 11.8 Å². The third-order valence-electron chi connectivity index (χ3n) is 5.07. The maximum absolute atomic E-state index is 12.8. The molecule has 23 heavy (non-hydrogen) atoms. The van der Waals surface area contributed by atoms with Crippen LogP contribution >= 0.6 is 0 Å². The lowest BCUT2D eigenvalue weighted by atomic mass is 9.88. The van der Waals surface area contributed by atoms with Crippen molar-refractivity contribution < 1.29 is 14.3 Å². The Balaban J connectivity index is 1.69. The number of hydrogen-bond acceptors (Lipinski definition) is 3. The monoisotopic (exact) mass is 316 g/mol. The number of ether oxygens (including phenoxy) is 1. The molecule has 124 valence electrons. The van der Waals surface area contributed by atoms with Crippen LogP contribution in [-0.4, -0.2) is 61.5 Å². The average Bonchev–Trinajstić information content (AvgIpc) is 2.99. The number of piperidine rings is 1. The van der Waals surface area contributed by atoms with Crippen LogP contribution in [0.5, 0.6) is 0 Å². The second kappa shape index (κ2) is 6.71. The highest BCUT2D eigenvalue weighted by Crippen LogP contribution is 2.33. The predicted octanol–water partition coefficient (Wildman–Crippen LogP) is 1.56. The molecule has 2 fully saturated rings. The SMILES string of the molecule is COCCN1CC[C@H]2CN(C(=O)c3ccccc3C)C[C@@H]2C1=O. The van der Waals surface area contributed by atoms with Crippen LogP contribution in [0, 0.1) is 18.8 Å². The van der Waals surface area contributed by atoms with Crippen molar-refractivity contribution in [2.45, 2.75) is 13.3 Å². The molecular weight excluding hydrogens is 292 g/mol. The molecule has 0 radical (unpaired) electrons. The van der Waals surface area contributed by atoms with E-state index < -0.39 is 0 Å². The minimum Gasteiger partial charge on any atom is -0.383 e. The first-order valence-corrected chi connectivity index (χ1v) is 8.24. The van der Waals surface area contributed by atoms with Gasteiger partial charge in [0, 0.05) is 38.9 Å². The van der Waals surface area contributed by atoms with Crippen LogP contribution in [0.3, 0.4) is 0 Å². The van der Waals surface area contributed by atoms with Gasteiger partial charge in [0.2, 0.25) is 5.91 Å². The zero-order chi connectivity index (χ0) is 16.4. The molecule has 2 atom stereocenters. The van der Waals surface area contributed by atoms with E-state index in [1.165, 1.54) is 0 Å². The van der Waals surface area contributed by atoms with Crippen LogP contribution in [0.15, 0.2) is 24.3 Å². The van der Waals surface area contributed by atoms with Gasteiger partial charge < -0.3 is 14.5 Å². The van der Waals surface area contributed by atoms with E-state index in [9.17, 15) is 9.59 Å². The van der Waals surface area contributed by atoms with Crippen molar-refractivity contribution >= 4 is 11.8 Å². The molecular formula is C18H24N2O3. The molecule has 0 spiro atoms. The normalized spacial score (nSPS) is 24.0. The van der Waals surface area contributed by atoms with Gasteiger partial charge in [-0.05, 0) is 30.9 Å². The molecule has 2 saturated heterocycles. The summed E-state index contributed by atoms with van der Waals surface area (Å²) in [5.41, 5.74) is 1.73. The number of rotatable bonds is 4. The van der Waals surface area contributed by atoms with Crippen LogP contribution < -0.4 is 0 Å². The Morgan fingerprint density at radius 3 is 2.83 bits per heavy atom. The number of benzene rings is 1. The summed E-state index contributed by atoms with van der Waals surface area (Å²) in [5, 5.41) is 0. The molecule has 1 aromatic carbocycles. The Hall–Kier alpha value is -1.88. The summed E-state index contributed by atoms with van der Waals surface area (Å²) in [5.74, 6) is 0.481. The van der Waals surface area contributed by atoms with Gasteiger partial charge in [0.05, 0.1) is 12.5 Å². The summed E-state index contributed by atoms with van der Waals surface area (Å²) >= 11 is 0. The molecule has 0 aromatic heterocycles. The van der Waals surface area contributed by atoms with E-state index in [0.29, 0.717) is 32.2 Å². The second-order valence-corrected chi connectivity index (χ2v) is 6.50. The third kappa shape index (κ3) is 3.11. The third-order valence-corrected chi connectivity index (χ3v) is 5.07. The number of aryl methyl sites for hydroxylation is 1. The summed E-state index contributed by atoms with van der Waals surface area (Å²) in [6.07, 6.45) is 0.970. The maximum Gasteiger partial charge on any atom is 0.254 e. The summed E-state index contributed by atoms with van der Waals surface area (Å²) in [7, 11) is 1.65. The quantitative estimate of drug-likeness (QED) is 0.847. The van der Waals surface area contributed by atoms with E-state index in [1.807, 2.05) is 41.0 Å². The lowest BCUT2D eigenvalue weighted by molar-refractivity contribution is -0.140.